The van der Waals surface area contributed by atoms with Gasteiger partial charge in [-0.25, -0.2) is 0 Å². The quantitative estimate of drug-likeness (QED) is 0.540. The van der Waals surface area contributed by atoms with Gasteiger partial charge in [0.25, 0.3) is 0 Å². The molecule has 2 rings (SSSR count). The largest absolute Gasteiger partial charge is 0.294 e. The average Bonchev–Trinajstić information content (AvgIpc) is 2.94. The molecule has 3 atom stereocenters. The SMILES string of the molecule is CCCCCCC[C@@H]1CC[C@H]2CC[C@@H](CCC)N21. The molecule has 0 radical (unpaired) electrons. The zero-order valence-corrected chi connectivity index (χ0v) is 12.7. The van der Waals surface area contributed by atoms with Crippen molar-refractivity contribution in [3.8, 4) is 0 Å². The third-order valence-electron chi connectivity index (χ3n) is 5.19. The molecule has 0 saturated carbocycles. The Morgan fingerprint density at radius 2 is 1.39 bits per heavy atom. The summed E-state index contributed by atoms with van der Waals surface area (Å²) in [5.74, 6) is 0. The molecule has 2 saturated heterocycles. The molecule has 0 bridgehead atoms. The van der Waals surface area contributed by atoms with Gasteiger partial charge in [0.05, 0.1) is 0 Å². The van der Waals surface area contributed by atoms with Gasteiger partial charge in [-0.15, -0.1) is 0 Å². The Morgan fingerprint density at radius 3 is 2.06 bits per heavy atom. The zero-order chi connectivity index (χ0) is 12.8. The molecular formula is C17H33N. The Morgan fingerprint density at radius 1 is 0.722 bits per heavy atom. The Bertz CT molecular complexity index is 224. The van der Waals surface area contributed by atoms with Crippen molar-refractivity contribution in [2.45, 2.75) is 109 Å². The summed E-state index contributed by atoms with van der Waals surface area (Å²) in [4.78, 5) is 2.95. The van der Waals surface area contributed by atoms with Crippen LogP contribution in [0.25, 0.3) is 0 Å². The highest BCUT2D eigenvalue weighted by molar-refractivity contribution is 4.96. The molecule has 0 aliphatic carbocycles. The lowest BCUT2D eigenvalue weighted by Crippen LogP contribution is -2.38. The molecule has 2 heterocycles. The molecule has 1 nitrogen and oxygen atoms in total. The number of rotatable bonds is 8. The standard InChI is InChI=1S/C17H33N/c1-3-5-6-7-8-10-16-12-14-17-13-11-15(9-4-2)18(16)17/h15-17H,3-14H2,1-2H3/t15-,16-,17-/m1/s1. The van der Waals surface area contributed by atoms with Gasteiger partial charge in [0, 0.05) is 18.1 Å². The van der Waals surface area contributed by atoms with Crippen LogP contribution in [0.2, 0.25) is 0 Å². The first kappa shape index (κ1) is 14.4. The molecule has 2 aliphatic rings. The predicted molar refractivity (Wildman–Crippen MR) is 80.0 cm³/mol. The summed E-state index contributed by atoms with van der Waals surface area (Å²) in [6, 6.07) is 2.88. The van der Waals surface area contributed by atoms with E-state index in [-0.39, 0.29) is 0 Å². The Kier molecular flexibility index (Phi) is 6.01. The first-order valence-corrected chi connectivity index (χ1v) is 8.64. The van der Waals surface area contributed by atoms with Gasteiger partial charge in [-0.2, -0.15) is 0 Å². The van der Waals surface area contributed by atoms with Crippen LogP contribution in [0.4, 0.5) is 0 Å². The second-order valence-electron chi connectivity index (χ2n) is 6.55. The minimum Gasteiger partial charge on any atom is -0.294 e. The fourth-order valence-electron chi connectivity index (χ4n) is 4.31. The highest BCUT2D eigenvalue weighted by Gasteiger charge is 2.41. The molecule has 2 fully saturated rings. The van der Waals surface area contributed by atoms with Crippen LogP contribution in [-0.2, 0) is 0 Å². The van der Waals surface area contributed by atoms with Crippen molar-refractivity contribution in [1.82, 2.24) is 4.90 Å². The fraction of sp³-hybridized carbons (Fsp3) is 1.00. The molecule has 2 aliphatic heterocycles. The number of unbranched alkanes of at least 4 members (excludes halogenated alkanes) is 4. The highest BCUT2D eigenvalue weighted by atomic mass is 15.3. The number of hydrogen-bond acceptors (Lipinski definition) is 1. The van der Waals surface area contributed by atoms with Crippen molar-refractivity contribution >= 4 is 0 Å². The van der Waals surface area contributed by atoms with Crippen LogP contribution in [-0.4, -0.2) is 23.0 Å². The van der Waals surface area contributed by atoms with Crippen molar-refractivity contribution in [2.75, 3.05) is 0 Å². The van der Waals surface area contributed by atoms with E-state index in [1.165, 1.54) is 77.0 Å². The third kappa shape index (κ3) is 3.50. The summed E-state index contributed by atoms with van der Waals surface area (Å²) in [6.07, 6.45) is 17.5. The normalized spacial score (nSPS) is 32.0. The second kappa shape index (κ2) is 7.53. The van der Waals surface area contributed by atoms with Gasteiger partial charge in [0.2, 0.25) is 0 Å². The van der Waals surface area contributed by atoms with Gasteiger partial charge in [-0.05, 0) is 38.5 Å². The van der Waals surface area contributed by atoms with Crippen molar-refractivity contribution in [1.29, 1.82) is 0 Å². The van der Waals surface area contributed by atoms with E-state index < -0.39 is 0 Å². The lowest BCUT2D eigenvalue weighted by molar-refractivity contribution is 0.163. The van der Waals surface area contributed by atoms with Gasteiger partial charge in [-0.3, -0.25) is 4.90 Å². The van der Waals surface area contributed by atoms with Crippen LogP contribution in [0, 0.1) is 0 Å². The molecule has 0 N–H and O–H groups in total. The molecular weight excluding hydrogens is 218 g/mol. The maximum Gasteiger partial charge on any atom is 0.0102 e. The summed E-state index contributed by atoms with van der Waals surface area (Å²) in [6.45, 7) is 4.66. The number of hydrogen-bond donors (Lipinski definition) is 0. The van der Waals surface area contributed by atoms with Gasteiger partial charge >= 0.3 is 0 Å². The summed E-state index contributed by atoms with van der Waals surface area (Å²) in [7, 11) is 0. The minimum absolute atomic E-state index is 0.947. The van der Waals surface area contributed by atoms with Crippen molar-refractivity contribution in [3.05, 3.63) is 0 Å². The highest BCUT2D eigenvalue weighted by Crippen LogP contribution is 2.39. The van der Waals surface area contributed by atoms with Gasteiger partial charge in [0.1, 0.15) is 0 Å². The maximum absolute atomic E-state index is 2.95. The predicted octanol–water partition coefficient (Wildman–Crippen LogP) is 5.14. The van der Waals surface area contributed by atoms with Crippen LogP contribution in [0.3, 0.4) is 0 Å². The van der Waals surface area contributed by atoms with E-state index in [4.69, 9.17) is 0 Å². The fourth-order valence-corrected chi connectivity index (χ4v) is 4.31. The number of nitrogens with zero attached hydrogens (tertiary/aromatic N) is 1. The van der Waals surface area contributed by atoms with Crippen LogP contribution in [0.15, 0.2) is 0 Å². The average molecular weight is 251 g/mol. The Hall–Kier alpha value is -0.0400. The lowest BCUT2D eigenvalue weighted by Gasteiger charge is -2.30. The van der Waals surface area contributed by atoms with E-state index in [9.17, 15) is 0 Å². The van der Waals surface area contributed by atoms with Crippen LogP contribution >= 0.6 is 0 Å². The van der Waals surface area contributed by atoms with E-state index in [2.05, 4.69) is 18.7 Å². The number of fused-ring (bicyclic) bond motifs is 1. The summed E-state index contributed by atoms with van der Waals surface area (Å²) >= 11 is 0. The van der Waals surface area contributed by atoms with E-state index in [0.717, 1.165) is 18.1 Å². The Labute approximate surface area is 114 Å². The molecule has 106 valence electrons. The van der Waals surface area contributed by atoms with E-state index in [1.54, 1.807) is 0 Å². The van der Waals surface area contributed by atoms with Crippen LogP contribution in [0.1, 0.15) is 90.9 Å². The molecule has 0 amide bonds. The topological polar surface area (TPSA) is 3.24 Å². The van der Waals surface area contributed by atoms with Gasteiger partial charge < -0.3 is 0 Å². The van der Waals surface area contributed by atoms with E-state index in [1.807, 2.05) is 0 Å². The molecule has 0 aromatic heterocycles. The second-order valence-corrected chi connectivity index (χ2v) is 6.55. The third-order valence-corrected chi connectivity index (χ3v) is 5.19. The van der Waals surface area contributed by atoms with Crippen molar-refractivity contribution in [3.63, 3.8) is 0 Å². The summed E-state index contributed by atoms with van der Waals surface area (Å²) in [5, 5.41) is 0. The molecule has 0 spiro atoms. The molecule has 18 heavy (non-hydrogen) atoms. The van der Waals surface area contributed by atoms with Crippen molar-refractivity contribution < 1.29 is 0 Å². The van der Waals surface area contributed by atoms with Gasteiger partial charge in [0.15, 0.2) is 0 Å². The van der Waals surface area contributed by atoms with Gasteiger partial charge in [-0.1, -0.05) is 52.4 Å². The van der Waals surface area contributed by atoms with Crippen molar-refractivity contribution in [2.24, 2.45) is 0 Å². The van der Waals surface area contributed by atoms with E-state index >= 15 is 0 Å². The molecule has 0 unspecified atom stereocenters. The van der Waals surface area contributed by atoms with Crippen LogP contribution < -0.4 is 0 Å². The first-order chi connectivity index (χ1) is 8.86. The van der Waals surface area contributed by atoms with E-state index in [0.29, 0.717) is 0 Å². The lowest BCUT2D eigenvalue weighted by atomic mass is 10.0. The monoisotopic (exact) mass is 251 g/mol. The summed E-state index contributed by atoms with van der Waals surface area (Å²) in [5.41, 5.74) is 0. The Balaban J connectivity index is 1.71. The minimum atomic E-state index is 0.947. The first-order valence-electron chi connectivity index (χ1n) is 8.64. The zero-order valence-electron chi connectivity index (χ0n) is 12.7. The molecule has 0 aromatic carbocycles. The van der Waals surface area contributed by atoms with Crippen LogP contribution in [0.5, 0.6) is 0 Å². The smallest absolute Gasteiger partial charge is 0.0102 e. The molecule has 1 heteroatoms. The molecule has 0 aromatic rings. The maximum atomic E-state index is 2.95. The summed E-state index contributed by atoms with van der Waals surface area (Å²) < 4.78 is 0.